The minimum absolute atomic E-state index is 0.170. The molecule has 0 atom stereocenters. The fourth-order valence-electron chi connectivity index (χ4n) is 3.19. The number of quaternary nitrogens is 1. The third-order valence-electron chi connectivity index (χ3n) is 4.37. The number of esters is 1. The van der Waals surface area contributed by atoms with Gasteiger partial charge in [-0.05, 0) is 24.6 Å². The number of fused-ring (bicyclic) bond motifs is 1. The van der Waals surface area contributed by atoms with Gasteiger partial charge in [-0.2, -0.15) is 0 Å². The highest BCUT2D eigenvalue weighted by atomic mass is 32.2. The van der Waals surface area contributed by atoms with Crippen molar-refractivity contribution in [3.05, 3.63) is 64.9 Å². The van der Waals surface area contributed by atoms with E-state index in [1.54, 1.807) is 30.8 Å². The maximum absolute atomic E-state index is 12.7. The highest BCUT2D eigenvalue weighted by Gasteiger charge is 2.26. The molecule has 5 nitrogen and oxygen atoms in total. The summed E-state index contributed by atoms with van der Waals surface area (Å²) in [6.07, 6.45) is 0. The maximum Gasteiger partial charge on any atom is 0.342 e. The summed E-state index contributed by atoms with van der Waals surface area (Å²) in [5, 5.41) is 11.1. The number of hydrogen-bond donors (Lipinski definition) is 2. The first-order valence-electron chi connectivity index (χ1n) is 9.35. The van der Waals surface area contributed by atoms with Gasteiger partial charge in [0.15, 0.2) is 0 Å². The van der Waals surface area contributed by atoms with Crippen molar-refractivity contribution in [3.63, 3.8) is 0 Å². The number of phenols is 1. The van der Waals surface area contributed by atoms with Crippen LogP contribution >= 0.6 is 11.8 Å². The number of rotatable bonds is 8. The normalized spacial score (nSPS) is 11.3. The fourth-order valence-corrected chi connectivity index (χ4v) is 4.11. The zero-order valence-corrected chi connectivity index (χ0v) is 17.3. The molecule has 0 aliphatic heterocycles. The van der Waals surface area contributed by atoms with Crippen LogP contribution in [0.4, 0.5) is 0 Å². The van der Waals surface area contributed by atoms with Crippen molar-refractivity contribution in [2.24, 2.45) is 0 Å². The zero-order valence-electron chi connectivity index (χ0n) is 16.5. The third-order valence-corrected chi connectivity index (χ3v) is 5.37. The maximum atomic E-state index is 12.7. The SMILES string of the molecule is CCOC(=O)c1c(CSCc2ccccc2)oc2ccc(O)c(C[NH+](C)C)c12. The van der Waals surface area contributed by atoms with E-state index in [1.807, 2.05) is 32.3 Å². The Balaban J connectivity index is 1.98. The number of phenolic OH excluding ortho intramolecular Hbond substituents is 1. The van der Waals surface area contributed by atoms with Crippen LogP contribution in [0.15, 0.2) is 46.9 Å². The standard InChI is InChI=1S/C22H25NO4S/c1-4-26-22(25)21-19(14-28-13-15-8-6-5-7-9-15)27-18-11-10-17(24)16(20(18)21)12-23(2)3/h5-11,24H,4,12-14H2,1-3H3/p+1. The van der Waals surface area contributed by atoms with Crippen LogP contribution in [0.25, 0.3) is 11.0 Å². The van der Waals surface area contributed by atoms with E-state index < -0.39 is 5.97 Å². The fraction of sp³-hybridized carbons (Fsp3) is 0.318. The van der Waals surface area contributed by atoms with Gasteiger partial charge in [-0.25, -0.2) is 4.79 Å². The summed E-state index contributed by atoms with van der Waals surface area (Å²) in [4.78, 5) is 13.9. The predicted octanol–water partition coefficient (Wildman–Crippen LogP) is 3.39. The summed E-state index contributed by atoms with van der Waals surface area (Å²) in [5.74, 6) is 1.73. The number of nitrogens with one attached hydrogen (secondary N) is 1. The van der Waals surface area contributed by atoms with Crippen LogP contribution in [-0.2, 0) is 22.8 Å². The number of hydrogen-bond acceptors (Lipinski definition) is 5. The Hall–Kier alpha value is -2.44. The molecule has 0 aliphatic rings. The lowest BCUT2D eigenvalue weighted by atomic mass is 10.0. The molecule has 0 bridgehead atoms. The van der Waals surface area contributed by atoms with Gasteiger partial charge < -0.3 is 19.2 Å². The largest absolute Gasteiger partial charge is 0.507 e. The van der Waals surface area contributed by atoms with Gasteiger partial charge in [-0.15, -0.1) is 11.8 Å². The Morgan fingerprint density at radius 2 is 1.89 bits per heavy atom. The van der Waals surface area contributed by atoms with Gasteiger partial charge in [0.2, 0.25) is 0 Å². The molecule has 0 spiro atoms. The van der Waals surface area contributed by atoms with E-state index in [-0.39, 0.29) is 12.4 Å². The number of ether oxygens (including phenoxy) is 1. The van der Waals surface area contributed by atoms with Gasteiger partial charge >= 0.3 is 5.97 Å². The molecule has 0 fully saturated rings. The van der Waals surface area contributed by atoms with Gasteiger partial charge in [-0.3, -0.25) is 0 Å². The lowest BCUT2D eigenvalue weighted by molar-refractivity contribution is -0.872. The molecule has 0 amide bonds. The first-order chi connectivity index (χ1) is 13.5. The monoisotopic (exact) mass is 400 g/mol. The quantitative estimate of drug-likeness (QED) is 0.568. The predicted molar refractivity (Wildman–Crippen MR) is 112 cm³/mol. The van der Waals surface area contributed by atoms with E-state index in [1.165, 1.54) is 5.56 Å². The van der Waals surface area contributed by atoms with Crippen LogP contribution in [0.1, 0.15) is 34.2 Å². The van der Waals surface area contributed by atoms with E-state index in [9.17, 15) is 9.90 Å². The Bertz CT molecular complexity index is 950. The highest BCUT2D eigenvalue weighted by molar-refractivity contribution is 7.97. The number of carbonyl (C=O) groups is 1. The van der Waals surface area contributed by atoms with Crippen LogP contribution < -0.4 is 4.90 Å². The second-order valence-electron chi connectivity index (χ2n) is 6.92. The smallest absolute Gasteiger partial charge is 0.342 e. The molecule has 148 valence electrons. The minimum Gasteiger partial charge on any atom is -0.507 e. The molecule has 0 unspecified atom stereocenters. The van der Waals surface area contributed by atoms with Crippen molar-refractivity contribution in [3.8, 4) is 5.75 Å². The summed E-state index contributed by atoms with van der Waals surface area (Å²) in [7, 11) is 4.00. The first kappa shape index (κ1) is 20.3. The molecular weight excluding hydrogens is 374 g/mol. The van der Waals surface area contributed by atoms with Gasteiger partial charge in [0, 0.05) is 11.1 Å². The molecule has 0 saturated heterocycles. The topological polar surface area (TPSA) is 64.1 Å². The van der Waals surface area contributed by atoms with Crippen molar-refractivity contribution >= 4 is 28.7 Å². The molecule has 1 aromatic heterocycles. The number of benzene rings is 2. The average Bonchev–Trinajstić information content (AvgIpc) is 3.04. The molecule has 0 aliphatic carbocycles. The number of furan rings is 1. The van der Waals surface area contributed by atoms with Gasteiger partial charge in [-0.1, -0.05) is 30.3 Å². The number of aromatic hydroxyl groups is 1. The van der Waals surface area contributed by atoms with Crippen LogP contribution in [0, 0.1) is 0 Å². The van der Waals surface area contributed by atoms with Crippen LogP contribution in [0.5, 0.6) is 5.75 Å². The summed E-state index contributed by atoms with van der Waals surface area (Å²) in [6, 6.07) is 13.5. The summed E-state index contributed by atoms with van der Waals surface area (Å²) in [5.41, 5.74) is 2.97. The van der Waals surface area contributed by atoms with Crippen LogP contribution in [0.3, 0.4) is 0 Å². The Kier molecular flexibility index (Phi) is 6.65. The minimum atomic E-state index is -0.405. The molecule has 2 aromatic carbocycles. The van der Waals surface area contributed by atoms with Crippen molar-refractivity contribution in [1.82, 2.24) is 0 Å². The molecule has 3 aromatic rings. The molecule has 6 heteroatoms. The lowest BCUT2D eigenvalue weighted by Gasteiger charge is -2.11. The van der Waals surface area contributed by atoms with E-state index in [0.29, 0.717) is 40.2 Å². The second-order valence-corrected chi connectivity index (χ2v) is 7.90. The third kappa shape index (κ3) is 4.51. The van der Waals surface area contributed by atoms with Gasteiger partial charge in [0.1, 0.15) is 29.2 Å². The molecule has 1 heterocycles. The molecule has 0 saturated carbocycles. The number of thioether (sulfide) groups is 1. The van der Waals surface area contributed by atoms with Crippen LogP contribution in [-0.4, -0.2) is 31.8 Å². The van der Waals surface area contributed by atoms with E-state index in [0.717, 1.165) is 10.7 Å². The Labute approximate surface area is 169 Å². The van der Waals surface area contributed by atoms with E-state index >= 15 is 0 Å². The molecule has 2 N–H and O–H groups in total. The van der Waals surface area contributed by atoms with Gasteiger partial charge in [0.25, 0.3) is 0 Å². The molecule has 28 heavy (non-hydrogen) atoms. The average molecular weight is 401 g/mol. The molecule has 0 radical (unpaired) electrons. The molecular formula is C22H26NO4S+. The Morgan fingerprint density at radius 1 is 1.14 bits per heavy atom. The van der Waals surface area contributed by atoms with Crippen molar-refractivity contribution in [2.75, 3.05) is 20.7 Å². The first-order valence-corrected chi connectivity index (χ1v) is 10.5. The highest BCUT2D eigenvalue weighted by Crippen LogP contribution is 2.36. The molecule has 3 rings (SSSR count). The van der Waals surface area contributed by atoms with Gasteiger partial charge in [0.05, 0.1) is 32.0 Å². The zero-order chi connectivity index (χ0) is 20.1. The lowest BCUT2D eigenvalue weighted by Crippen LogP contribution is -3.04. The van der Waals surface area contributed by atoms with Crippen molar-refractivity contribution in [2.45, 2.75) is 25.0 Å². The van der Waals surface area contributed by atoms with Crippen LogP contribution in [0.2, 0.25) is 0 Å². The van der Waals surface area contributed by atoms with E-state index in [2.05, 4.69) is 12.1 Å². The second kappa shape index (κ2) is 9.17. The summed E-state index contributed by atoms with van der Waals surface area (Å²) >= 11 is 1.68. The van der Waals surface area contributed by atoms with E-state index in [4.69, 9.17) is 9.15 Å². The summed E-state index contributed by atoms with van der Waals surface area (Å²) < 4.78 is 11.3. The van der Waals surface area contributed by atoms with Crippen molar-refractivity contribution < 1.29 is 24.0 Å². The Morgan fingerprint density at radius 3 is 2.57 bits per heavy atom. The number of carbonyl (C=O) groups excluding carboxylic acids is 1. The summed E-state index contributed by atoms with van der Waals surface area (Å²) in [6.45, 7) is 2.65. The van der Waals surface area contributed by atoms with Crippen molar-refractivity contribution in [1.29, 1.82) is 0 Å².